The number of halogens is 2. The molecule has 116 valence electrons. The fourth-order valence-electron chi connectivity index (χ4n) is 1.47. The van der Waals surface area contributed by atoms with Gasteiger partial charge in [-0.05, 0) is 24.0 Å². The molecule has 0 saturated carbocycles. The SMILES string of the molecule is CCc1nnsc1C(=O)OCC(=O)Nc1ncc(Cl)cc1Cl. The molecule has 0 aromatic carbocycles. The average molecular weight is 361 g/mol. The van der Waals surface area contributed by atoms with Crippen molar-refractivity contribution in [2.75, 3.05) is 11.9 Å². The normalized spacial score (nSPS) is 10.3. The van der Waals surface area contributed by atoms with Gasteiger partial charge in [-0.3, -0.25) is 4.79 Å². The molecule has 0 atom stereocenters. The zero-order valence-corrected chi connectivity index (χ0v) is 13.6. The summed E-state index contributed by atoms with van der Waals surface area (Å²) < 4.78 is 8.59. The molecule has 0 saturated heterocycles. The Kier molecular flexibility index (Phi) is 5.64. The first kappa shape index (κ1) is 16.6. The number of amides is 1. The van der Waals surface area contributed by atoms with Gasteiger partial charge in [0.2, 0.25) is 0 Å². The maximum atomic E-state index is 11.8. The Morgan fingerprint density at radius 3 is 2.86 bits per heavy atom. The van der Waals surface area contributed by atoms with E-state index >= 15 is 0 Å². The second kappa shape index (κ2) is 7.48. The van der Waals surface area contributed by atoms with Gasteiger partial charge in [-0.2, -0.15) is 0 Å². The van der Waals surface area contributed by atoms with Crippen molar-refractivity contribution in [1.29, 1.82) is 0 Å². The third-order valence-corrected chi connectivity index (χ3v) is 3.72. The Labute approximate surface area is 139 Å². The van der Waals surface area contributed by atoms with Crippen molar-refractivity contribution in [2.24, 2.45) is 0 Å². The molecule has 7 nitrogen and oxygen atoms in total. The first-order valence-electron chi connectivity index (χ1n) is 6.10. The average Bonchev–Trinajstić information content (AvgIpc) is 2.96. The molecule has 0 aliphatic rings. The number of hydrogen-bond donors (Lipinski definition) is 1. The molecular formula is C12H10Cl2N4O3S. The van der Waals surface area contributed by atoms with Gasteiger partial charge in [0.25, 0.3) is 5.91 Å². The number of aromatic nitrogens is 3. The predicted molar refractivity (Wildman–Crippen MR) is 82.5 cm³/mol. The fourth-order valence-corrected chi connectivity index (χ4v) is 2.54. The summed E-state index contributed by atoms with van der Waals surface area (Å²) in [5.41, 5.74) is 0.540. The third kappa shape index (κ3) is 4.12. The summed E-state index contributed by atoms with van der Waals surface area (Å²) in [6.45, 7) is 1.37. The molecule has 1 amide bonds. The first-order valence-corrected chi connectivity index (χ1v) is 7.63. The number of hydrogen-bond acceptors (Lipinski definition) is 7. The van der Waals surface area contributed by atoms with Crippen LogP contribution in [0.5, 0.6) is 0 Å². The van der Waals surface area contributed by atoms with Crippen LogP contribution in [0.2, 0.25) is 10.0 Å². The van der Waals surface area contributed by atoms with E-state index in [4.69, 9.17) is 27.9 Å². The summed E-state index contributed by atoms with van der Waals surface area (Å²) in [4.78, 5) is 27.7. The molecule has 0 unspecified atom stereocenters. The molecule has 0 fully saturated rings. The summed E-state index contributed by atoms with van der Waals surface area (Å²) in [6, 6.07) is 1.44. The molecule has 0 radical (unpaired) electrons. The minimum absolute atomic E-state index is 0.140. The van der Waals surface area contributed by atoms with E-state index in [-0.39, 0.29) is 15.7 Å². The van der Waals surface area contributed by atoms with E-state index in [1.54, 1.807) is 0 Å². The van der Waals surface area contributed by atoms with E-state index < -0.39 is 18.5 Å². The molecule has 0 aliphatic heterocycles. The summed E-state index contributed by atoms with van der Waals surface area (Å²) in [5, 5.41) is 6.75. The minimum atomic E-state index is -0.642. The summed E-state index contributed by atoms with van der Waals surface area (Å²) in [5.74, 6) is -1.07. The molecule has 2 aromatic rings. The lowest BCUT2D eigenvalue weighted by Gasteiger charge is -2.07. The van der Waals surface area contributed by atoms with Crippen molar-refractivity contribution in [3.05, 3.63) is 32.9 Å². The van der Waals surface area contributed by atoms with E-state index in [0.717, 1.165) is 11.5 Å². The van der Waals surface area contributed by atoms with Crippen LogP contribution in [0, 0.1) is 0 Å². The Balaban J connectivity index is 1.91. The maximum absolute atomic E-state index is 11.8. The molecule has 2 rings (SSSR count). The number of nitrogens with one attached hydrogen (secondary N) is 1. The van der Waals surface area contributed by atoms with Crippen LogP contribution in [0.15, 0.2) is 12.3 Å². The molecule has 1 N–H and O–H groups in total. The monoisotopic (exact) mass is 360 g/mol. The topological polar surface area (TPSA) is 94.1 Å². The van der Waals surface area contributed by atoms with Gasteiger partial charge in [-0.15, -0.1) is 5.10 Å². The number of carbonyl (C=O) groups is 2. The van der Waals surface area contributed by atoms with Crippen LogP contribution in [-0.4, -0.2) is 33.1 Å². The lowest BCUT2D eigenvalue weighted by Crippen LogP contribution is -2.21. The van der Waals surface area contributed by atoms with Gasteiger partial charge in [0.05, 0.1) is 15.7 Å². The van der Waals surface area contributed by atoms with E-state index in [1.807, 2.05) is 6.92 Å². The standard InChI is InChI=1S/C12H10Cl2N4O3S/c1-2-8-10(22-18-17-8)12(20)21-5-9(19)16-11-7(14)3-6(13)4-15-11/h3-4H,2,5H2,1H3,(H,15,16,19). The molecule has 2 heterocycles. The number of esters is 1. The lowest BCUT2D eigenvalue weighted by atomic mass is 10.3. The van der Waals surface area contributed by atoms with E-state index in [2.05, 4.69) is 19.9 Å². The maximum Gasteiger partial charge on any atom is 0.352 e. The molecule has 0 bridgehead atoms. The van der Waals surface area contributed by atoms with Gasteiger partial charge < -0.3 is 10.1 Å². The lowest BCUT2D eigenvalue weighted by molar-refractivity contribution is -0.119. The molecule has 2 aromatic heterocycles. The highest BCUT2D eigenvalue weighted by Crippen LogP contribution is 2.22. The van der Waals surface area contributed by atoms with Crippen molar-refractivity contribution < 1.29 is 14.3 Å². The van der Waals surface area contributed by atoms with Gasteiger partial charge in [-0.1, -0.05) is 34.6 Å². The predicted octanol–water partition coefficient (Wildman–Crippen LogP) is 2.60. The Morgan fingerprint density at radius 2 is 2.18 bits per heavy atom. The number of pyridine rings is 1. The van der Waals surface area contributed by atoms with Crippen LogP contribution < -0.4 is 5.32 Å². The highest BCUT2D eigenvalue weighted by molar-refractivity contribution is 7.07. The van der Waals surface area contributed by atoms with Gasteiger partial charge >= 0.3 is 5.97 Å². The van der Waals surface area contributed by atoms with Crippen LogP contribution in [0.3, 0.4) is 0 Å². The Bertz CT molecular complexity index is 707. The third-order valence-electron chi connectivity index (χ3n) is 2.48. The van der Waals surface area contributed by atoms with Crippen LogP contribution in [0.4, 0.5) is 5.82 Å². The zero-order chi connectivity index (χ0) is 16.1. The molecule has 22 heavy (non-hydrogen) atoms. The molecule has 0 spiro atoms. The second-order valence-electron chi connectivity index (χ2n) is 4.01. The van der Waals surface area contributed by atoms with Crippen molar-refractivity contribution >= 4 is 52.4 Å². The van der Waals surface area contributed by atoms with Crippen LogP contribution >= 0.6 is 34.7 Å². The van der Waals surface area contributed by atoms with Gasteiger partial charge in [0, 0.05) is 6.20 Å². The second-order valence-corrected chi connectivity index (χ2v) is 5.61. The largest absolute Gasteiger partial charge is 0.451 e. The van der Waals surface area contributed by atoms with Gasteiger partial charge in [-0.25, -0.2) is 9.78 Å². The van der Waals surface area contributed by atoms with Crippen molar-refractivity contribution in [1.82, 2.24) is 14.6 Å². The van der Waals surface area contributed by atoms with Crippen molar-refractivity contribution in [3.8, 4) is 0 Å². The first-order chi connectivity index (χ1) is 10.5. The summed E-state index contributed by atoms with van der Waals surface area (Å²) in [6.07, 6.45) is 1.89. The van der Waals surface area contributed by atoms with Crippen LogP contribution in [0.1, 0.15) is 22.3 Å². The summed E-state index contributed by atoms with van der Waals surface area (Å²) >= 11 is 12.5. The highest BCUT2D eigenvalue weighted by atomic mass is 35.5. The number of carbonyl (C=O) groups excluding carboxylic acids is 2. The van der Waals surface area contributed by atoms with Crippen LogP contribution in [-0.2, 0) is 16.0 Å². The smallest absolute Gasteiger partial charge is 0.352 e. The molecule has 10 heteroatoms. The van der Waals surface area contributed by atoms with E-state index in [0.29, 0.717) is 17.1 Å². The minimum Gasteiger partial charge on any atom is -0.451 e. The number of anilines is 1. The molecular weight excluding hydrogens is 351 g/mol. The quantitative estimate of drug-likeness (QED) is 0.823. The fraction of sp³-hybridized carbons (Fsp3) is 0.250. The Hall–Kier alpha value is -1.77. The van der Waals surface area contributed by atoms with Crippen molar-refractivity contribution in [2.45, 2.75) is 13.3 Å². The van der Waals surface area contributed by atoms with Gasteiger partial charge in [0.1, 0.15) is 0 Å². The number of nitrogens with zero attached hydrogens (tertiary/aromatic N) is 3. The van der Waals surface area contributed by atoms with Crippen LogP contribution in [0.25, 0.3) is 0 Å². The Morgan fingerprint density at radius 1 is 1.41 bits per heavy atom. The van der Waals surface area contributed by atoms with Gasteiger partial charge in [0.15, 0.2) is 17.3 Å². The number of aryl methyl sites for hydroxylation is 1. The van der Waals surface area contributed by atoms with Crippen molar-refractivity contribution in [3.63, 3.8) is 0 Å². The van der Waals surface area contributed by atoms with E-state index in [1.165, 1.54) is 12.3 Å². The summed E-state index contributed by atoms with van der Waals surface area (Å²) in [7, 11) is 0. The van der Waals surface area contributed by atoms with E-state index in [9.17, 15) is 9.59 Å². The zero-order valence-electron chi connectivity index (χ0n) is 11.3. The highest BCUT2D eigenvalue weighted by Gasteiger charge is 2.18. The molecule has 0 aliphatic carbocycles. The number of rotatable bonds is 5. The number of ether oxygens (including phenoxy) is 1.